The predicted molar refractivity (Wildman–Crippen MR) is 70.0 cm³/mol. The second kappa shape index (κ2) is 4.15. The molecule has 3 rings (SSSR count). The van der Waals surface area contributed by atoms with Gasteiger partial charge in [0, 0.05) is 16.3 Å². The first-order valence-corrected chi connectivity index (χ1v) is 5.29. The highest BCUT2D eigenvalue weighted by atomic mass is 35.5. The van der Waals surface area contributed by atoms with Crippen molar-refractivity contribution < 1.29 is 6.85 Å². The molecular weight excluding hydrogens is 232 g/mol. The molecule has 1 aromatic heterocycles. The molecule has 0 N–H and O–H groups in total. The molecule has 0 unspecified atom stereocenters. The lowest BCUT2D eigenvalue weighted by atomic mass is 10.1. The Hall–Kier alpha value is -1.93. The summed E-state index contributed by atoms with van der Waals surface area (Å²) >= 11 is 6.01. The molecule has 0 saturated heterocycles. The van der Waals surface area contributed by atoms with E-state index in [0.29, 0.717) is 10.8 Å². The Kier molecular flexibility index (Phi) is 1.49. The molecule has 0 radical (unpaired) electrons. The number of halogens is 1. The van der Waals surface area contributed by atoms with Gasteiger partial charge in [-0.2, -0.15) is 0 Å². The van der Waals surface area contributed by atoms with Crippen molar-refractivity contribution in [1.82, 2.24) is 10.2 Å². The first kappa shape index (κ1) is 6.12. The van der Waals surface area contributed by atoms with Gasteiger partial charge in [-0.15, -0.1) is 10.2 Å². The number of fused-ring (bicyclic) bond motifs is 1. The van der Waals surface area contributed by atoms with E-state index in [1.807, 2.05) is 0 Å². The average molecular weight is 246 g/mol. The second-order valence-corrected chi connectivity index (χ2v) is 3.74. The fourth-order valence-corrected chi connectivity index (χ4v) is 1.83. The first-order valence-electron chi connectivity index (χ1n) is 7.41. The third-order valence-electron chi connectivity index (χ3n) is 2.38. The van der Waals surface area contributed by atoms with Crippen molar-refractivity contribution in [2.75, 3.05) is 0 Å². The Balaban J connectivity index is 2.46. The lowest BCUT2D eigenvalue weighted by Crippen LogP contribution is -1.90. The van der Waals surface area contributed by atoms with Gasteiger partial charge < -0.3 is 0 Å². The molecule has 0 aliphatic rings. The van der Waals surface area contributed by atoms with Gasteiger partial charge in [-0.1, -0.05) is 66.1 Å². The Labute approximate surface area is 111 Å². The zero-order chi connectivity index (χ0) is 16.0. The lowest BCUT2D eigenvalue weighted by molar-refractivity contribution is 1.06. The molecule has 0 saturated carbocycles. The number of benzene rings is 2. The van der Waals surface area contributed by atoms with E-state index in [0.717, 1.165) is 0 Å². The molecule has 0 bridgehead atoms. The minimum atomic E-state index is -0.440. The van der Waals surface area contributed by atoms with E-state index in [1.165, 1.54) is 0 Å². The average Bonchev–Trinajstić information content (AvgIpc) is 2.53. The van der Waals surface area contributed by atoms with Crippen LogP contribution in [0.4, 0.5) is 0 Å². The molecule has 2 aromatic carbocycles. The zero-order valence-electron chi connectivity index (χ0n) is 13.6. The van der Waals surface area contributed by atoms with Crippen molar-refractivity contribution in [2.24, 2.45) is 0 Å². The molecule has 0 amide bonds. The fraction of sp³-hybridized carbons (Fsp3) is 0. The molecule has 0 aliphatic carbocycles. The Morgan fingerprint density at radius 3 is 2.41 bits per heavy atom. The minimum Gasteiger partial charge on any atom is -0.148 e. The molecule has 1 heterocycles. The van der Waals surface area contributed by atoms with Gasteiger partial charge >= 0.3 is 0 Å². The normalized spacial score (nSPS) is 14.8. The van der Waals surface area contributed by atoms with Crippen molar-refractivity contribution in [2.45, 2.75) is 0 Å². The summed E-state index contributed by atoms with van der Waals surface area (Å²) in [5, 5.41) is 9.18. The fourth-order valence-electron chi connectivity index (χ4n) is 1.62. The van der Waals surface area contributed by atoms with Gasteiger partial charge in [0.1, 0.15) is 5.69 Å². The highest BCUT2D eigenvalue weighted by Gasteiger charge is 2.08. The van der Waals surface area contributed by atoms with Gasteiger partial charge in [-0.3, -0.25) is 0 Å². The minimum absolute atomic E-state index is 0.0198. The predicted octanol–water partition coefficient (Wildman–Crippen LogP) is 3.95. The number of nitrogens with zero attached hydrogens (tertiary/aromatic N) is 2. The Morgan fingerprint density at radius 1 is 0.941 bits per heavy atom. The van der Waals surface area contributed by atoms with Gasteiger partial charge in [0.2, 0.25) is 0 Å². The molecule has 2 nitrogen and oxygen atoms in total. The van der Waals surface area contributed by atoms with E-state index in [-0.39, 0.29) is 28.5 Å². The molecule has 17 heavy (non-hydrogen) atoms. The highest BCUT2D eigenvalue weighted by molar-refractivity contribution is 6.34. The largest absolute Gasteiger partial charge is 0.159 e. The van der Waals surface area contributed by atoms with Crippen LogP contribution in [0, 0.1) is 0 Å². The van der Waals surface area contributed by atoms with E-state index < -0.39 is 18.1 Å². The number of hydrogen-bond acceptors (Lipinski definition) is 2. The maximum atomic E-state index is 8.03. The van der Waals surface area contributed by atoms with Gasteiger partial charge in [0.25, 0.3) is 0 Å². The maximum Gasteiger partial charge on any atom is 0.159 e. The third-order valence-corrected chi connectivity index (χ3v) is 2.66. The van der Waals surface area contributed by atoms with Crippen LogP contribution >= 0.6 is 11.6 Å². The van der Waals surface area contributed by atoms with E-state index >= 15 is 0 Å². The molecule has 0 aliphatic heterocycles. The van der Waals surface area contributed by atoms with Crippen molar-refractivity contribution in [3.63, 3.8) is 0 Å². The monoisotopic (exact) mass is 245 g/mol. The van der Waals surface area contributed by atoms with Crippen LogP contribution in [-0.2, 0) is 0 Å². The molecule has 0 spiro atoms. The highest BCUT2D eigenvalue weighted by Crippen LogP contribution is 2.28. The summed E-state index contributed by atoms with van der Waals surface area (Å²) in [6.45, 7) is 0. The summed E-state index contributed by atoms with van der Waals surface area (Å²) < 4.78 is 39.2. The van der Waals surface area contributed by atoms with Gasteiger partial charge in [0.15, 0.2) is 5.15 Å². The Bertz CT molecular complexity index is 884. The van der Waals surface area contributed by atoms with Crippen LogP contribution in [0.2, 0.25) is 5.15 Å². The van der Waals surface area contributed by atoms with E-state index in [4.69, 9.17) is 18.5 Å². The topological polar surface area (TPSA) is 25.8 Å². The van der Waals surface area contributed by atoms with E-state index in [2.05, 4.69) is 10.2 Å². The summed E-state index contributed by atoms with van der Waals surface area (Å²) in [5.74, 6) is 0. The smallest absolute Gasteiger partial charge is 0.148 e. The van der Waals surface area contributed by atoms with Crippen molar-refractivity contribution >= 4 is 22.4 Å². The van der Waals surface area contributed by atoms with Crippen LogP contribution < -0.4 is 0 Å². The standard InChI is InChI=1S/C14H9ClN2/c15-14-12-9-5-4-8-11(12)13(16-17-14)10-6-2-1-3-7-10/h1-9H/i1D,2D,3D,6D,7D. The second-order valence-electron chi connectivity index (χ2n) is 3.39. The van der Waals surface area contributed by atoms with Crippen LogP contribution in [-0.4, -0.2) is 10.2 Å². The third kappa shape index (κ3) is 1.77. The summed E-state index contributed by atoms with van der Waals surface area (Å²) in [5.41, 5.74) is 0.239. The molecule has 0 atom stereocenters. The summed E-state index contributed by atoms with van der Waals surface area (Å²) in [6, 6.07) is 5.14. The van der Waals surface area contributed by atoms with Crippen LogP contribution in [0.25, 0.3) is 22.0 Å². The van der Waals surface area contributed by atoms with Gasteiger partial charge in [0.05, 0.1) is 6.85 Å². The van der Waals surface area contributed by atoms with E-state index in [1.54, 1.807) is 24.3 Å². The Morgan fingerprint density at radius 2 is 1.65 bits per heavy atom. The molecular formula is C14H9ClN2. The molecule has 3 aromatic rings. The van der Waals surface area contributed by atoms with Crippen LogP contribution in [0.3, 0.4) is 0 Å². The quantitative estimate of drug-likeness (QED) is 0.649. The van der Waals surface area contributed by atoms with Crippen LogP contribution in [0.1, 0.15) is 6.85 Å². The molecule has 82 valence electrons. The maximum absolute atomic E-state index is 8.03. The van der Waals surface area contributed by atoms with E-state index in [9.17, 15) is 0 Å². The summed E-state index contributed by atoms with van der Waals surface area (Å²) in [4.78, 5) is 0. The SMILES string of the molecule is [2H]c1c([2H])c([2H])c(-c2nnc(Cl)c3ccccc23)c([2H])c1[2H]. The zero-order valence-corrected chi connectivity index (χ0v) is 9.34. The van der Waals surface area contributed by atoms with Crippen molar-refractivity contribution in [1.29, 1.82) is 0 Å². The number of hydrogen-bond donors (Lipinski definition) is 0. The summed E-state index contributed by atoms with van der Waals surface area (Å²) in [7, 11) is 0. The van der Waals surface area contributed by atoms with Crippen LogP contribution in [0.15, 0.2) is 54.5 Å². The van der Waals surface area contributed by atoms with Gasteiger partial charge in [-0.25, -0.2) is 0 Å². The summed E-state index contributed by atoms with van der Waals surface area (Å²) in [6.07, 6.45) is 0. The van der Waals surface area contributed by atoms with Crippen LogP contribution in [0.5, 0.6) is 0 Å². The first-order chi connectivity index (χ1) is 10.4. The van der Waals surface area contributed by atoms with Gasteiger partial charge in [-0.05, 0) is 0 Å². The number of aromatic nitrogens is 2. The molecule has 3 heteroatoms. The lowest BCUT2D eigenvalue weighted by Gasteiger charge is -2.05. The number of rotatable bonds is 1. The molecule has 0 fully saturated rings. The van der Waals surface area contributed by atoms with Crippen molar-refractivity contribution in [3.8, 4) is 11.3 Å². The van der Waals surface area contributed by atoms with Crippen molar-refractivity contribution in [3.05, 3.63) is 59.6 Å².